The smallest absolute Gasteiger partial charge is 0.245 e. The summed E-state index contributed by atoms with van der Waals surface area (Å²) in [5, 5.41) is 8.99. The van der Waals surface area contributed by atoms with Crippen molar-refractivity contribution in [2.24, 2.45) is 0 Å². The van der Waals surface area contributed by atoms with Crippen molar-refractivity contribution in [3.63, 3.8) is 0 Å². The first-order chi connectivity index (χ1) is 9.31. The molecule has 0 spiro atoms. The number of ether oxygens (including phenoxy) is 2. The summed E-state index contributed by atoms with van der Waals surface area (Å²) in [6.07, 6.45) is 2.42. The Bertz CT molecular complexity index is 578. The van der Waals surface area contributed by atoms with Crippen molar-refractivity contribution >= 4 is 22.9 Å². The van der Waals surface area contributed by atoms with Crippen LogP contribution in [0, 0.1) is 0 Å². The van der Waals surface area contributed by atoms with Gasteiger partial charge < -0.3 is 19.4 Å². The molecule has 2 aromatic heterocycles. The second kappa shape index (κ2) is 5.19. The molecule has 2 atom stereocenters. The van der Waals surface area contributed by atoms with Crippen LogP contribution in [0.5, 0.6) is 5.88 Å². The van der Waals surface area contributed by atoms with Gasteiger partial charge in [-0.2, -0.15) is 4.98 Å². The van der Waals surface area contributed by atoms with Gasteiger partial charge in [-0.25, -0.2) is 9.97 Å². The largest absolute Gasteiger partial charge is 0.479 e. The molecule has 1 N–H and O–H groups in total. The van der Waals surface area contributed by atoms with Crippen LogP contribution < -0.4 is 9.57 Å². The minimum atomic E-state index is -0.444. The minimum Gasteiger partial charge on any atom is -0.479 e. The maximum absolute atomic E-state index is 8.99. The van der Waals surface area contributed by atoms with Crippen LogP contribution in [0.2, 0.25) is 0 Å². The molecule has 3 rings (SSSR count). The van der Waals surface area contributed by atoms with Gasteiger partial charge in [0.2, 0.25) is 17.8 Å². The zero-order valence-corrected chi connectivity index (χ0v) is 10.9. The molecule has 0 bridgehead atoms. The predicted octanol–water partition coefficient (Wildman–Crippen LogP) is -0.329. The Kier molecular flexibility index (Phi) is 3.40. The van der Waals surface area contributed by atoms with E-state index in [1.807, 2.05) is 0 Å². The Labute approximate surface area is 112 Å². The van der Waals surface area contributed by atoms with E-state index in [0.29, 0.717) is 22.8 Å². The number of methoxy groups -OCH3 is 1. The SMILES string of the molecule is COc1ncnc2c1ncn2O[C@H]1CSC(CO)O1. The average molecular weight is 284 g/mol. The van der Waals surface area contributed by atoms with E-state index in [0.717, 1.165) is 0 Å². The van der Waals surface area contributed by atoms with Crippen LogP contribution in [0.1, 0.15) is 0 Å². The van der Waals surface area contributed by atoms with E-state index in [2.05, 4.69) is 15.0 Å². The molecule has 1 aliphatic rings. The number of rotatable bonds is 4. The highest BCUT2D eigenvalue weighted by Crippen LogP contribution is 2.25. The van der Waals surface area contributed by atoms with E-state index in [4.69, 9.17) is 19.4 Å². The van der Waals surface area contributed by atoms with E-state index < -0.39 is 6.29 Å². The Morgan fingerprint density at radius 2 is 2.42 bits per heavy atom. The Hall–Kier alpha value is -1.58. The molecule has 102 valence electrons. The van der Waals surface area contributed by atoms with Crippen molar-refractivity contribution < 1.29 is 19.4 Å². The Morgan fingerprint density at radius 1 is 1.53 bits per heavy atom. The number of aromatic nitrogens is 4. The van der Waals surface area contributed by atoms with Gasteiger partial charge >= 0.3 is 0 Å². The molecular weight excluding hydrogens is 272 g/mol. The molecule has 9 heteroatoms. The fraction of sp³-hybridized carbons (Fsp3) is 0.500. The molecule has 0 amide bonds. The van der Waals surface area contributed by atoms with Gasteiger partial charge in [-0.3, -0.25) is 0 Å². The number of imidazole rings is 1. The number of thioether (sulfide) groups is 1. The number of fused-ring (bicyclic) bond motifs is 1. The molecule has 0 aromatic carbocycles. The fourth-order valence-corrected chi connectivity index (χ4v) is 2.55. The summed E-state index contributed by atoms with van der Waals surface area (Å²) in [6.45, 7) is -0.0365. The first-order valence-corrected chi connectivity index (χ1v) is 6.64. The quantitative estimate of drug-likeness (QED) is 0.816. The summed E-state index contributed by atoms with van der Waals surface area (Å²) in [5.41, 5.74) is 0.784. The fourth-order valence-electron chi connectivity index (χ4n) is 1.73. The maximum Gasteiger partial charge on any atom is 0.245 e. The highest BCUT2D eigenvalue weighted by molar-refractivity contribution is 8.00. The number of aliphatic hydroxyl groups excluding tert-OH is 1. The van der Waals surface area contributed by atoms with Crippen molar-refractivity contribution in [3.8, 4) is 5.88 Å². The topological polar surface area (TPSA) is 91.5 Å². The van der Waals surface area contributed by atoms with Gasteiger partial charge in [0.1, 0.15) is 18.1 Å². The van der Waals surface area contributed by atoms with E-state index >= 15 is 0 Å². The number of hydrogen-bond donors (Lipinski definition) is 1. The zero-order chi connectivity index (χ0) is 13.2. The third-order valence-corrected chi connectivity index (χ3v) is 3.66. The molecule has 8 nitrogen and oxygen atoms in total. The summed E-state index contributed by atoms with van der Waals surface area (Å²) in [7, 11) is 1.52. The minimum absolute atomic E-state index is 0.0365. The molecule has 0 radical (unpaired) electrons. The molecule has 1 unspecified atom stereocenters. The van der Waals surface area contributed by atoms with E-state index in [-0.39, 0.29) is 12.0 Å². The van der Waals surface area contributed by atoms with Gasteiger partial charge in [0, 0.05) is 0 Å². The number of aliphatic hydroxyl groups is 1. The van der Waals surface area contributed by atoms with Crippen molar-refractivity contribution in [1.29, 1.82) is 0 Å². The summed E-state index contributed by atoms with van der Waals surface area (Å²) in [6, 6.07) is 0. The second-order valence-corrected chi connectivity index (χ2v) is 4.93. The number of hydrogen-bond acceptors (Lipinski definition) is 8. The lowest BCUT2D eigenvalue weighted by Gasteiger charge is -2.13. The highest BCUT2D eigenvalue weighted by atomic mass is 32.2. The second-order valence-electron chi connectivity index (χ2n) is 3.74. The summed E-state index contributed by atoms with van der Waals surface area (Å²) < 4.78 is 12.0. The molecule has 19 heavy (non-hydrogen) atoms. The third-order valence-electron chi connectivity index (χ3n) is 2.57. The summed E-state index contributed by atoms with van der Waals surface area (Å²) in [5.74, 6) is 1.02. The first kappa shape index (κ1) is 12.5. The average Bonchev–Trinajstić information content (AvgIpc) is 3.06. The first-order valence-electron chi connectivity index (χ1n) is 5.59. The van der Waals surface area contributed by atoms with Crippen molar-refractivity contribution in [3.05, 3.63) is 12.7 Å². The van der Waals surface area contributed by atoms with Crippen LogP contribution >= 0.6 is 11.8 Å². The molecule has 1 saturated heterocycles. The molecule has 2 aromatic rings. The normalized spacial score (nSPS) is 22.8. The lowest BCUT2D eigenvalue weighted by molar-refractivity contribution is -0.132. The van der Waals surface area contributed by atoms with Gasteiger partial charge in [-0.15, -0.1) is 16.5 Å². The molecular formula is C10H12N4O4S. The Balaban J connectivity index is 1.82. The number of nitrogens with zero attached hydrogens (tertiary/aromatic N) is 4. The van der Waals surface area contributed by atoms with Crippen molar-refractivity contribution in [2.75, 3.05) is 19.5 Å². The van der Waals surface area contributed by atoms with Crippen LogP contribution in [0.25, 0.3) is 11.2 Å². The molecule has 3 heterocycles. The van der Waals surface area contributed by atoms with Gasteiger partial charge in [0.15, 0.2) is 5.52 Å². The van der Waals surface area contributed by atoms with Gasteiger partial charge in [0.25, 0.3) is 0 Å². The van der Waals surface area contributed by atoms with Gasteiger partial charge in [-0.1, -0.05) is 0 Å². The summed E-state index contributed by atoms with van der Waals surface area (Å²) in [4.78, 5) is 17.8. The van der Waals surface area contributed by atoms with Crippen molar-refractivity contribution in [2.45, 2.75) is 11.7 Å². The standard InChI is InChI=1S/C10H12N4O4S/c1-16-10-8-9(11-4-12-10)14(5-13-8)18-6-3-19-7(2-15)17-6/h4-7,15H,2-3H2,1H3/t6-,7?/m0/s1. The zero-order valence-electron chi connectivity index (χ0n) is 10.1. The van der Waals surface area contributed by atoms with Gasteiger partial charge in [-0.05, 0) is 0 Å². The predicted molar refractivity (Wildman–Crippen MR) is 66.7 cm³/mol. The monoisotopic (exact) mass is 284 g/mol. The lowest BCUT2D eigenvalue weighted by Crippen LogP contribution is -2.27. The van der Waals surface area contributed by atoms with Crippen LogP contribution in [-0.4, -0.2) is 56.0 Å². The van der Waals surface area contributed by atoms with E-state index in [1.54, 1.807) is 0 Å². The highest BCUT2D eigenvalue weighted by Gasteiger charge is 2.28. The van der Waals surface area contributed by atoms with Crippen molar-refractivity contribution in [1.82, 2.24) is 19.7 Å². The molecule has 1 aliphatic heterocycles. The van der Waals surface area contributed by atoms with E-state index in [9.17, 15) is 0 Å². The van der Waals surface area contributed by atoms with E-state index in [1.165, 1.54) is 36.3 Å². The molecule has 0 aliphatic carbocycles. The van der Waals surface area contributed by atoms with Crippen LogP contribution in [0.15, 0.2) is 12.7 Å². The Morgan fingerprint density at radius 3 is 3.16 bits per heavy atom. The van der Waals surface area contributed by atoms with Crippen LogP contribution in [-0.2, 0) is 4.74 Å². The molecule has 0 saturated carbocycles. The maximum atomic E-state index is 8.99. The van der Waals surface area contributed by atoms with Crippen LogP contribution in [0.4, 0.5) is 0 Å². The lowest BCUT2D eigenvalue weighted by atomic mass is 10.5. The van der Waals surface area contributed by atoms with Gasteiger partial charge in [0.05, 0.1) is 19.5 Å². The summed E-state index contributed by atoms with van der Waals surface area (Å²) >= 11 is 1.50. The molecule has 1 fully saturated rings. The van der Waals surface area contributed by atoms with Crippen LogP contribution in [0.3, 0.4) is 0 Å². The third kappa shape index (κ3) is 2.31.